The molecule has 5 nitrogen and oxygen atoms in total. The molecule has 0 aromatic heterocycles. The molecule has 0 heterocycles. The second-order valence-corrected chi connectivity index (χ2v) is 4.85. The fourth-order valence-electron chi connectivity index (χ4n) is 1.79. The van der Waals surface area contributed by atoms with Crippen molar-refractivity contribution in [2.75, 3.05) is 13.1 Å². The van der Waals surface area contributed by atoms with Crippen LogP contribution in [0.3, 0.4) is 0 Å². The van der Waals surface area contributed by atoms with E-state index in [4.69, 9.17) is 5.11 Å². The zero-order valence-electron chi connectivity index (χ0n) is 12.2. The number of hydrogen-bond donors (Lipinski definition) is 3. The molecule has 1 unspecified atom stereocenters. The lowest BCUT2D eigenvalue weighted by atomic mass is 10.1. The largest absolute Gasteiger partial charge is 0.481 e. The van der Waals surface area contributed by atoms with Crippen molar-refractivity contribution in [1.29, 1.82) is 0 Å². The summed E-state index contributed by atoms with van der Waals surface area (Å²) in [5.41, 5.74) is 0. The van der Waals surface area contributed by atoms with Crippen LogP contribution in [0.15, 0.2) is 0 Å². The van der Waals surface area contributed by atoms with Crippen LogP contribution in [0.5, 0.6) is 0 Å². The number of aliphatic carboxylic acids is 1. The summed E-state index contributed by atoms with van der Waals surface area (Å²) in [4.78, 5) is 22.2. The Balaban J connectivity index is 3.46. The lowest BCUT2D eigenvalue weighted by Crippen LogP contribution is -2.40. The molecule has 5 heteroatoms. The van der Waals surface area contributed by atoms with Crippen molar-refractivity contribution in [2.24, 2.45) is 5.92 Å². The number of carboxylic acid groups (broad SMARTS) is 1. The van der Waals surface area contributed by atoms with Crippen LogP contribution in [0.25, 0.3) is 0 Å². The summed E-state index contributed by atoms with van der Waals surface area (Å²) in [5, 5.41) is 14.2. The van der Waals surface area contributed by atoms with Gasteiger partial charge in [0.25, 0.3) is 0 Å². The van der Waals surface area contributed by atoms with E-state index in [1.54, 1.807) is 6.92 Å². The Bertz CT molecular complexity index is 257. The third-order valence-electron chi connectivity index (χ3n) is 3.17. The highest BCUT2D eigenvalue weighted by Gasteiger charge is 2.15. The van der Waals surface area contributed by atoms with Gasteiger partial charge in [0.05, 0.1) is 5.92 Å². The van der Waals surface area contributed by atoms with Gasteiger partial charge in [0.2, 0.25) is 0 Å². The molecule has 112 valence electrons. The minimum absolute atomic E-state index is 0.189. The summed E-state index contributed by atoms with van der Waals surface area (Å²) in [6, 6.07) is -0.270. The summed E-state index contributed by atoms with van der Waals surface area (Å²) in [6.45, 7) is 4.83. The Morgan fingerprint density at radius 2 is 1.63 bits per heavy atom. The number of rotatable bonds is 11. The molecule has 0 spiro atoms. The Morgan fingerprint density at radius 3 is 2.21 bits per heavy atom. The molecule has 0 aromatic carbocycles. The second-order valence-electron chi connectivity index (χ2n) is 4.85. The topological polar surface area (TPSA) is 78.4 Å². The maximum absolute atomic E-state index is 11.4. The number of carbonyl (C=O) groups excluding carboxylic acids is 1. The number of unbranched alkanes of at least 4 members (excludes halogenated alkanes) is 5. The van der Waals surface area contributed by atoms with Gasteiger partial charge in [-0.1, -0.05) is 46.0 Å². The maximum atomic E-state index is 11.4. The first-order valence-corrected chi connectivity index (χ1v) is 7.36. The molecule has 0 saturated carbocycles. The molecule has 0 bridgehead atoms. The van der Waals surface area contributed by atoms with Crippen molar-refractivity contribution >= 4 is 12.0 Å². The Morgan fingerprint density at radius 1 is 1.00 bits per heavy atom. The Kier molecular flexibility index (Phi) is 11.0. The number of carbonyl (C=O) groups is 2. The molecule has 0 aliphatic heterocycles. The van der Waals surface area contributed by atoms with Crippen LogP contribution >= 0.6 is 0 Å². The zero-order chi connectivity index (χ0) is 14.5. The standard InChI is InChI=1S/C14H28N2O3/c1-3-5-6-7-8-9-10-15-14(19)16-11-12(4-2)13(17)18/h12H,3-11H2,1-2H3,(H,17,18)(H2,15,16,19). The van der Waals surface area contributed by atoms with Crippen LogP contribution in [-0.4, -0.2) is 30.2 Å². The minimum Gasteiger partial charge on any atom is -0.481 e. The molecule has 0 radical (unpaired) electrons. The van der Waals surface area contributed by atoms with Gasteiger partial charge in [-0.3, -0.25) is 4.79 Å². The normalized spacial score (nSPS) is 11.9. The van der Waals surface area contributed by atoms with Gasteiger partial charge in [-0.25, -0.2) is 4.79 Å². The van der Waals surface area contributed by atoms with Gasteiger partial charge in [-0.2, -0.15) is 0 Å². The SMILES string of the molecule is CCCCCCCCNC(=O)NCC(CC)C(=O)O. The highest BCUT2D eigenvalue weighted by molar-refractivity contribution is 5.75. The van der Waals surface area contributed by atoms with E-state index >= 15 is 0 Å². The van der Waals surface area contributed by atoms with E-state index in [9.17, 15) is 9.59 Å². The molecule has 0 aromatic rings. The smallest absolute Gasteiger partial charge is 0.314 e. The third-order valence-corrected chi connectivity index (χ3v) is 3.17. The van der Waals surface area contributed by atoms with Crippen LogP contribution in [0.2, 0.25) is 0 Å². The van der Waals surface area contributed by atoms with Crippen LogP contribution in [0, 0.1) is 5.92 Å². The molecule has 0 saturated heterocycles. The summed E-state index contributed by atoms with van der Waals surface area (Å²) in [6.07, 6.45) is 7.63. The van der Waals surface area contributed by atoms with Crippen LogP contribution < -0.4 is 10.6 Å². The predicted molar refractivity (Wildman–Crippen MR) is 76.2 cm³/mol. The van der Waals surface area contributed by atoms with E-state index in [0.29, 0.717) is 13.0 Å². The average molecular weight is 272 g/mol. The fraction of sp³-hybridized carbons (Fsp3) is 0.857. The molecule has 3 N–H and O–H groups in total. The molecular weight excluding hydrogens is 244 g/mol. The van der Waals surface area contributed by atoms with Crippen LogP contribution in [0.4, 0.5) is 4.79 Å². The highest BCUT2D eigenvalue weighted by atomic mass is 16.4. The molecule has 0 rings (SSSR count). The Hall–Kier alpha value is -1.26. The van der Waals surface area contributed by atoms with E-state index < -0.39 is 11.9 Å². The van der Waals surface area contributed by atoms with Crippen molar-refractivity contribution in [3.63, 3.8) is 0 Å². The van der Waals surface area contributed by atoms with Gasteiger partial charge in [0.1, 0.15) is 0 Å². The monoisotopic (exact) mass is 272 g/mol. The number of hydrogen-bond acceptors (Lipinski definition) is 2. The first-order chi connectivity index (χ1) is 9.11. The average Bonchev–Trinajstić information content (AvgIpc) is 2.38. The molecule has 0 fully saturated rings. The summed E-state index contributed by atoms with van der Waals surface area (Å²) >= 11 is 0. The quantitative estimate of drug-likeness (QED) is 0.506. The highest BCUT2D eigenvalue weighted by Crippen LogP contribution is 2.04. The van der Waals surface area contributed by atoms with Crippen molar-refractivity contribution < 1.29 is 14.7 Å². The summed E-state index contributed by atoms with van der Waals surface area (Å²) in [5.74, 6) is -1.36. The molecule has 2 amide bonds. The first kappa shape index (κ1) is 17.7. The first-order valence-electron chi connectivity index (χ1n) is 7.36. The van der Waals surface area contributed by atoms with Gasteiger partial charge >= 0.3 is 12.0 Å². The number of nitrogens with one attached hydrogen (secondary N) is 2. The van der Waals surface area contributed by atoms with E-state index in [0.717, 1.165) is 12.8 Å². The van der Waals surface area contributed by atoms with Crippen molar-refractivity contribution in [2.45, 2.75) is 58.8 Å². The molecule has 1 atom stereocenters. The molecule has 19 heavy (non-hydrogen) atoms. The minimum atomic E-state index is -0.862. The van der Waals surface area contributed by atoms with Gasteiger partial charge in [0.15, 0.2) is 0 Å². The predicted octanol–water partition coefficient (Wildman–Crippen LogP) is 2.76. The molecule has 0 aliphatic rings. The lowest BCUT2D eigenvalue weighted by molar-refractivity contribution is -0.141. The molecular formula is C14H28N2O3. The van der Waals surface area contributed by atoms with E-state index in [-0.39, 0.29) is 12.6 Å². The van der Waals surface area contributed by atoms with Crippen molar-refractivity contribution in [3.8, 4) is 0 Å². The number of urea groups is 1. The third kappa shape index (κ3) is 10.4. The van der Waals surface area contributed by atoms with Gasteiger partial charge in [-0.15, -0.1) is 0 Å². The van der Waals surface area contributed by atoms with Crippen LogP contribution in [-0.2, 0) is 4.79 Å². The number of carboxylic acids is 1. The Labute approximate surface area is 116 Å². The van der Waals surface area contributed by atoms with Gasteiger partial charge in [0, 0.05) is 13.1 Å². The van der Waals surface area contributed by atoms with Crippen molar-refractivity contribution in [1.82, 2.24) is 10.6 Å². The number of amides is 2. The van der Waals surface area contributed by atoms with E-state index in [2.05, 4.69) is 17.6 Å². The van der Waals surface area contributed by atoms with Crippen molar-refractivity contribution in [3.05, 3.63) is 0 Å². The van der Waals surface area contributed by atoms with Gasteiger partial charge in [-0.05, 0) is 12.8 Å². The van der Waals surface area contributed by atoms with E-state index in [1.165, 1.54) is 25.7 Å². The zero-order valence-corrected chi connectivity index (χ0v) is 12.2. The van der Waals surface area contributed by atoms with E-state index in [1.807, 2.05) is 0 Å². The summed E-state index contributed by atoms with van der Waals surface area (Å²) in [7, 11) is 0. The van der Waals surface area contributed by atoms with Gasteiger partial charge < -0.3 is 15.7 Å². The fourth-order valence-corrected chi connectivity index (χ4v) is 1.79. The second kappa shape index (κ2) is 11.8. The lowest BCUT2D eigenvalue weighted by Gasteiger charge is -2.11. The summed E-state index contributed by atoms with van der Waals surface area (Å²) < 4.78 is 0. The molecule has 0 aliphatic carbocycles. The van der Waals surface area contributed by atoms with Crippen LogP contribution in [0.1, 0.15) is 58.8 Å². The maximum Gasteiger partial charge on any atom is 0.314 e.